The van der Waals surface area contributed by atoms with Crippen molar-refractivity contribution in [1.82, 2.24) is 5.32 Å². The molecule has 1 atom stereocenters. The van der Waals surface area contributed by atoms with E-state index in [0.29, 0.717) is 18.6 Å². The molecule has 3 aromatic carbocycles. The van der Waals surface area contributed by atoms with Gasteiger partial charge in [0.15, 0.2) is 0 Å². The molecular formula is C29H35NO2. The van der Waals surface area contributed by atoms with Crippen LogP contribution in [0.3, 0.4) is 0 Å². The van der Waals surface area contributed by atoms with E-state index in [2.05, 4.69) is 66.0 Å². The molecule has 3 nitrogen and oxygen atoms in total. The molecule has 0 aliphatic heterocycles. The molecular weight excluding hydrogens is 394 g/mol. The number of nitrogens with one attached hydrogen (secondary N) is 1. The van der Waals surface area contributed by atoms with Gasteiger partial charge in [-0.15, -0.1) is 0 Å². The van der Waals surface area contributed by atoms with Crippen LogP contribution in [0, 0.1) is 0 Å². The molecule has 0 saturated heterocycles. The fraction of sp³-hybridized carbons (Fsp3) is 0.379. The summed E-state index contributed by atoms with van der Waals surface area (Å²) in [6.07, 6.45) is 5.86. The van der Waals surface area contributed by atoms with Crippen molar-refractivity contribution in [2.75, 3.05) is 13.2 Å². The summed E-state index contributed by atoms with van der Waals surface area (Å²) in [5, 5.41) is 13.5. The van der Waals surface area contributed by atoms with Crippen LogP contribution in [0.2, 0.25) is 0 Å². The van der Waals surface area contributed by atoms with E-state index in [1.807, 2.05) is 24.3 Å². The summed E-state index contributed by atoms with van der Waals surface area (Å²) in [6, 6.07) is 29.9. The molecule has 4 rings (SSSR count). The summed E-state index contributed by atoms with van der Waals surface area (Å²) in [5.41, 5.74) is 3.85. The molecule has 1 aliphatic rings. The van der Waals surface area contributed by atoms with Gasteiger partial charge in [0.25, 0.3) is 0 Å². The molecule has 1 fully saturated rings. The Bertz CT molecular complexity index is 903. The molecule has 3 heteroatoms. The van der Waals surface area contributed by atoms with Crippen LogP contribution >= 0.6 is 0 Å². The van der Waals surface area contributed by atoms with E-state index >= 15 is 0 Å². The highest BCUT2D eigenvalue weighted by atomic mass is 16.5. The molecule has 3 aromatic rings. The van der Waals surface area contributed by atoms with Gasteiger partial charge in [-0.2, -0.15) is 0 Å². The molecule has 0 amide bonds. The van der Waals surface area contributed by atoms with Crippen LogP contribution < -0.4 is 10.1 Å². The standard InChI is InChI=1S/C29H35NO2/c31-21-27(24-9-5-2-6-10-24)19-20-30-28-15-11-25(12-16-28)26-13-17-29(18-14-26)32-22-23-7-3-1-4-8-23/h1-10,13-14,17-18,25,27-28,30-31H,11-12,15-16,19-22H2. The van der Waals surface area contributed by atoms with Crippen LogP contribution in [0.15, 0.2) is 84.9 Å². The van der Waals surface area contributed by atoms with E-state index in [4.69, 9.17) is 4.74 Å². The third-order valence-electron chi connectivity index (χ3n) is 6.74. The van der Waals surface area contributed by atoms with Crippen molar-refractivity contribution in [3.63, 3.8) is 0 Å². The predicted molar refractivity (Wildman–Crippen MR) is 131 cm³/mol. The molecule has 1 aliphatic carbocycles. The number of rotatable bonds is 10. The fourth-order valence-corrected chi connectivity index (χ4v) is 4.76. The van der Waals surface area contributed by atoms with Crippen molar-refractivity contribution in [1.29, 1.82) is 0 Å². The second-order valence-corrected chi connectivity index (χ2v) is 8.92. The number of aliphatic hydroxyl groups is 1. The smallest absolute Gasteiger partial charge is 0.119 e. The average molecular weight is 430 g/mol. The Hall–Kier alpha value is -2.62. The van der Waals surface area contributed by atoms with E-state index in [0.717, 1.165) is 18.7 Å². The van der Waals surface area contributed by atoms with E-state index < -0.39 is 0 Å². The van der Waals surface area contributed by atoms with Crippen molar-refractivity contribution in [2.24, 2.45) is 0 Å². The Balaban J connectivity index is 1.18. The quantitative estimate of drug-likeness (QED) is 0.412. The number of aliphatic hydroxyl groups excluding tert-OH is 1. The van der Waals surface area contributed by atoms with E-state index in [9.17, 15) is 5.11 Å². The molecule has 32 heavy (non-hydrogen) atoms. The normalized spacial score (nSPS) is 19.4. The first-order valence-electron chi connectivity index (χ1n) is 12.0. The molecule has 1 unspecified atom stereocenters. The number of hydrogen-bond acceptors (Lipinski definition) is 3. The van der Waals surface area contributed by atoms with Crippen molar-refractivity contribution >= 4 is 0 Å². The van der Waals surface area contributed by atoms with Gasteiger partial charge in [0, 0.05) is 18.6 Å². The maximum atomic E-state index is 9.75. The van der Waals surface area contributed by atoms with Crippen LogP contribution in [0.5, 0.6) is 5.75 Å². The van der Waals surface area contributed by atoms with Gasteiger partial charge >= 0.3 is 0 Å². The topological polar surface area (TPSA) is 41.5 Å². The van der Waals surface area contributed by atoms with Crippen LogP contribution in [0.4, 0.5) is 0 Å². The van der Waals surface area contributed by atoms with Gasteiger partial charge in [0.05, 0.1) is 0 Å². The summed E-state index contributed by atoms with van der Waals surface area (Å²) < 4.78 is 5.93. The van der Waals surface area contributed by atoms with Crippen molar-refractivity contribution in [3.05, 3.63) is 102 Å². The summed E-state index contributed by atoms with van der Waals surface area (Å²) in [5.74, 6) is 1.80. The first kappa shape index (κ1) is 22.6. The Morgan fingerprint density at radius 2 is 1.47 bits per heavy atom. The number of hydrogen-bond donors (Lipinski definition) is 2. The maximum absolute atomic E-state index is 9.75. The Labute approximate surface area is 192 Å². The third-order valence-corrected chi connectivity index (χ3v) is 6.74. The average Bonchev–Trinajstić information content (AvgIpc) is 2.87. The first-order chi connectivity index (χ1) is 15.8. The fourth-order valence-electron chi connectivity index (χ4n) is 4.76. The predicted octanol–water partition coefficient (Wildman–Crippen LogP) is 6.05. The van der Waals surface area contributed by atoms with Gasteiger partial charge in [-0.3, -0.25) is 0 Å². The maximum Gasteiger partial charge on any atom is 0.119 e. The number of benzene rings is 3. The van der Waals surface area contributed by atoms with Crippen molar-refractivity contribution < 1.29 is 9.84 Å². The van der Waals surface area contributed by atoms with Crippen LogP contribution in [-0.2, 0) is 6.61 Å². The van der Waals surface area contributed by atoms with Crippen molar-refractivity contribution in [2.45, 2.75) is 56.6 Å². The highest BCUT2D eigenvalue weighted by molar-refractivity contribution is 5.30. The Morgan fingerprint density at radius 1 is 0.812 bits per heavy atom. The number of ether oxygens (including phenoxy) is 1. The monoisotopic (exact) mass is 429 g/mol. The second kappa shape index (κ2) is 11.8. The lowest BCUT2D eigenvalue weighted by Crippen LogP contribution is -2.34. The molecule has 0 aromatic heterocycles. The zero-order valence-electron chi connectivity index (χ0n) is 18.8. The van der Waals surface area contributed by atoms with Gasteiger partial charge in [-0.05, 0) is 73.4 Å². The summed E-state index contributed by atoms with van der Waals surface area (Å²) in [4.78, 5) is 0. The summed E-state index contributed by atoms with van der Waals surface area (Å²) in [6.45, 7) is 1.78. The van der Waals surface area contributed by atoms with Crippen LogP contribution in [0.1, 0.15) is 60.6 Å². The van der Waals surface area contributed by atoms with Crippen LogP contribution in [-0.4, -0.2) is 24.3 Å². The second-order valence-electron chi connectivity index (χ2n) is 8.92. The molecule has 0 radical (unpaired) electrons. The van der Waals surface area contributed by atoms with Gasteiger partial charge in [-0.1, -0.05) is 72.8 Å². The SMILES string of the molecule is OCC(CCNC1CCC(c2ccc(OCc3ccccc3)cc2)CC1)c1ccccc1. The minimum Gasteiger partial charge on any atom is -0.489 e. The molecule has 0 spiro atoms. The zero-order chi connectivity index (χ0) is 22.0. The summed E-state index contributed by atoms with van der Waals surface area (Å²) in [7, 11) is 0. The van der Waals surface area contributed by atoms with Crippen molar-refractivity contribution in [3.8, 4) is 5.75 Å². The van der Waals surface area contributed by atoms with Gasteiger partial charge in [0.2, 0.25) is 0 Å². The lowest BCUT2D eigenvalue weighted by molar-refractivity contribution is 0.254. The minimum atomic E-state index is 0.212. The lowest BCUT2D eigenvalue weighted by Gasteiger charge is -2.30. The minimum absolute atomic E-state index is 0.212. The van der Waals surface area contributed by atoms with E-state index in [1.54, 1.807) is 0 Å². The Morgan fingerprint density at radius 3 is 2.12 bits per heavy atom. The first-order valence-corrected chi connectivity index (χ1v) is 12.0. The highest BCUT2D eigenvalue weighted by Gasteiger charge is 2.22. The molecule has 2 N–H and O–H groups in total. The molecule has 168 valence electrons. The van der Waals surface area contributed by atoms with Gasteiger partial charge in [0.1, 0.15) is 12.4 Å². The molecule has 0 bridgehead atoms. The van der Waals surface area contributed by atoms with E-state index in [-0.39, 0.29) is 12.5 Å². The zero-order valence-corrected chi connectivity index (χ0v) is 18.8. The summed E-state index contributed by atoms with van der Waals surface area (Å²) >= 11 is 0. The van der Waals surface area contributed by atoms with Gasteiger partial charge < -0.3 is 15.2 Å². The largest absolute Gasteiger partial charge is 0.489 e. The molecule has 0 heterocycles. The Kier molecular flexibility index (Phi) is 8.35. The highest BCUT2D eigenvalue weighted by Crippen LogP contribution is 2.34. The lowest BCUT2D eigenvalue weighted by atomic mass is 9.81. The van der Waals surface area contributed by atoms with Gasteiger partial charge in [-0.25, -0.2) is 0 Å². The van der Waals surface area contributed by atoms with Crippen LogP contribution in [0.25, 0.3) is 0 Å². The third kappa shape index (κ3) is 6.44. The molecule has 1 saturated carbocycles. The van der Waals surface area contributed by atoms with E-state index in [1.165, 1.54) is 42.4 Å².